The van der Waals surface area contributed by atoms with Crippen LogP contribution in [0.4, 0.5) is 0 Å². The predicted molar refractivity (Wildman–Crippen MR) is 66.9 cm³/mol. The van der Waals surface area contributed by atoms with Crippen molar-refractivity contribution >= 4 is 16.0 Å². The van der Waals surface area contributed by atoms with Gasteiger partial charge in [0, 0.05) is 13.1 Å². The lowest BCUT2D eigenvalue weighted by molar-refractivity contribution is -0.121. The Bertz CT molecular complexity index is 488. The van der Waals surface area contributed by atoms with Crippen LogP contribution in [-0.4, -0.2) is 38.5 Å². The number of rotatable bonds is 1. The molecule has 1 fully saturated rings. The minimum absolute atomic E-state index is 0.0666. The van der Waals surface area contributed by atoms with Gasteiger partial charge >= 0.3 is 0 Å². The third-order valence-corrected chi connectivity index (χ3v) is 3.10. The average Bonchev–Trinajstić information content (AvgIpc) is 2.30. The summed E-state index contributed by atoms with van der Waals surface area (Å²) in [6.07, 6.45) is 0. The van der Waals surface area contributed by atoms with Gasteiger partial charge in [-0.1, -0.05) is 17.7 Å². The summed E-state index contributed by atoms with van der Waals surface area (Å²) < 4.78 is 29.6. The number of carbonyl (C=O) groups is 1. The van der Waals surface area contributed by atoms with Crippen LogP contribution in [0, 0.1) is 6.92 Å². The summed E-state index contributed by atoms with van der Waals surface area (Å²) in [5.41, 5.74) is 0.956. The van der Waals surface area contributed by atoms with Crippen molar-refractivity contribution in [1.29, 1.82) is 0 Å². The normalized spacial score (nSPS) is 15.3. The van der Waals surface area contributed by atoms with E-state index >= 15 is 0 Å². The molecule has 1 aliphatic rings. The summed E-state index contributed by atoms with van der Waals surface area (Å²) in [7, 11) is -4.02. The monoisotopic (exact) mass is 272 g/mol. The lowest BCUT2D eigenvalue weighted by atomic mass is 10.2. The molecular weight excluding hydrogens is 256 g/mol. The molecule has 3 N–H and O–H groups in total. The maximum absolute atomic E-state index is 10.5. The molecule has 7 heteroatoms. The molecule has 1 amide bonds. The van der Waals surface area contributed by atoms with Gasteiger partial charge in [-0.2, -0.15) is 8.42 Å². The van der Waals surface area contributed by atoms with Gasteiger partial charge in [0.25, 0.3) is 10.1 Å². The van der Waals surface area contributed by atoms with E-state index in [-0.39, 0.29) is 10.8 Å². The third-order valence-electron chi connectivity index (χ3n) is 2.23. The number of benzene rings is 1. The summed E-state index contributed by atoms with van der Waals surface area (Å²) in [4.78, 5) is 10.2. The van der Waals surface area contributed by atoms with Crippen molar-refractivity contribution < 1.29 is 17.8 Å². The Balaban J connectivity index is 0.000000199. The molecule has 1 aromatic carbocycles. The van der Waals surface area contributed by atoms with Crippen LogP contribution in [0.2, 0.25) is 0 Å². The molecule has 0 atom stereocenters. The van der Waals surface area contributed by atoms with E-state index in [2.05, 4.69) is 10.6 Å². The van der Waals surface area contributed by atoms with Gasteiger partial charge < -0.3 is 10.6 Å². The molecule has 1 aromatic rings. The predicted octanol–water partition coefficient (Wildman–Crippen LogP) is -0.0525. The highest BCUT2D eigenvalue weighted by Gasteiger charge is 2.06. The Kier molecular flexibility index (Phi) is 5.26. The number of hydrogen-bond donors (Lipinski definition) is 3. The molecule has 0 unspecified atom stereocenters. The van der Waals surface area contributed by atoms with Crippen molar-refractivity contribution in [1.82, 2.24) is 10.6 Å². The van der Waals surface area contributed by atoms with Gasteiger partial charge in [-0.15, -0.1) is 0 Å². The number of nitrogens with one attached hydrogen (secondary N) is 2. The zero-order valence-corrected chi connectivity index (χ0v) is 10.8. The van der Waals surface area contributed by atoms with Crippen molar-refractivity contribution in [3.8, 4) is 0 Å². The molecular formula is C11H16N2O4S. The largest absolute Gasteiger partial charge is 0.354 e. The summed E-state index contributed by atoms with van der Waals surface area (Å²) in [6, 6.07) is 5.99. The molecule has 0 saturated carbocycles. The van der Waals surface area contributed by atoms with E-state index in [1.165, 1.54) is 12.1 Å². The number of piperazine rings is 1. The van der Waals surface area contributed by atoms with Crippen LogP contribution in [0.3, 0.4) is 0 Å². The van der Waals surface area contributed by atoms with Crippen molar-refractivity contribution in [2.75, 3.05) is 19.6 Å². The highest BCUT2D eigenvalue weighted by Crippen LogP contribution is 2.08. The smallest absolute Gasteiger partial charge is 0.294 e. The fourth-order valence-corrected chi connectivity index (χ4v) is 1.74. The second kappa shape index (κ2) is 6.48. The van der Waals surface area contributed by atoms with Crippen LogP contribution in [0.1, 0.15) is 5.56 Å². The molecule has 0 bridgehead atoms. The van der Waals surface area contributed by atoms with Gasteiger partial charge in [0.2, 0.25) is 5.91 Å². The molecule has 2 rings (SSSR count). The van der Waals surface area contributed by atoms with Crippen molar-refractivity contribution in [3.05, 3.63) is 29.8 Å². The molecule has 100 valence electrons. The van der Waals surface area contributed by atoms with Crippen LogP contribution in [-0.2, 0) is 14.9 Å². The van der Waals surface area contributed by atoms with Gasteiger partial charge in [0.15, 0.2) is 0 Å². The second-order valence-electron chi connectivity index (χ2n) is 3.81. The van der Waals surface area contributed by atoms with E-state index in [1.807, 2.05) is 6.92 Å². The molecule has 1 aliphatic heterocycles. The highest BCUT2D eigenvalue weighted by atomic mass is 32.2. The van der Waals surface area contributed by atoms with E-state index in [0.29, 0.717) is 6.54 Å². The van der Waals surface area contributed by atoms with E-state index in [4.69, 9.17) is 4.55 Å². The zero-order chi connectivity index (χ0) is 13.6. The maximum atomic E-state index is 10.5. The number of carbonyl (C=O) groups excluding carboxylic acids is 1. The molecule has 0 spiro atoms. The fourth-order valence-electron chi connectivity index (χ4n) is 1.26. The summed E-state index contributed by atoms with van der Waals surface area (Å²) >= 11 is 0. The first-order chi connectivity index (χ1) is 8.39. The fraction of sp³-hybridized carbons (Fsp3) is 0.364. The molecule has 0 aliphatic carbocycles. The summed E-state index contributed by atoms with van der Waals surface area (Å²) in [6.45, 7) is 4.01. The van der Waals surface area contributed by atoms with Gasteiger partial charge in [-0.25, -0.2) is 0 Å². The van der Waals surface area contributed by atoms with E-state index in [0.717, 1.165) is 18.7 Å². The molecule has 0 aromatic heterocycles. The van der Waals surface area contributed by atoms with Gasteiger partial charge in [0.1, 0.15) is 0 Å². The summed E-state index contributed by atoms with van der Waals surface area (Å²) in [5.74, 6) is 0.103. The minimum Gasteiger partial charge on any atom is -0.354 e. The van der Waals surface area contributed by atoms with Crippen molar-refractivity contribution in [3.63, 3.8) is 0 Å². The minimum atomic E-state index is -4.02. The summed E-state index contributed by atoms with van der Waals surface area (Å²) in [5, 5.41) is 5.60. The average molecular weight is 272 g/mol. The first kappa shape index (κ1) is 14.6. The van der Waals surface area contributed by atoms with E-state index in [1.54, 1.807) is 12.1 Å². The molecule has 1 saturated heterocycles. The maximum Gasteiger partial charge on any atom is 0.294 e. The number of aryl methyl sites for hydroxylation is 1. The Morgan fingerprint density at radius 1 is 1.17 bits per heavy atom. The van der Waals surface area contributed by atoms with Crippen molar-refractivity contribution in [2.45, 2.75) is 11.8 Å². The van der Waals surface area contributed by atoms with Gasteiger partial charge in [-0.05, 0) is 19.1 Å². The Morgan fingerprint density at radius 3 is 2.11 bits per heavy atom. The second-order valence-corrected chi connectivity index (χ2v) is 5.24. The van der Waals surface area contributed by atoms with Crippen LogP contribution < -0.4 is 10.6 Å². The highest BCUT2D eigenvalue weighted by molar-refractivity contribution is 7.85. The van der Waals surface area contributed by atoms with Crippen LogP contribution in [0.25, 0.3) is 0 Å². The van der Waals surface area contributed by atoms with E-state index < -0.39 is 10.1 Å². The molecule has 6 nitrogen and oxygen atoms in total. The van der Waals surface area contributed by atoms with Gasteiger partial charge in [-0.3, -0.25) is 9.35 Å². The van der Waals surface area contributed by atoms with Crippen LogP contribution in [0.5, 0.6) is 0 Å². The topological polar surface area (TPSA) is 95.5 Å². The molecule has 18 heavy (non-hydrogen) atoms. The quantitative estimate of drug-likeness (QED) is 0.623. The Hall–Kier alpha value is -1.44. The first-order valence-corrected chi connectivity index (χ1v) is 6.85. The van der Waals surface area contributed by atoms with Crippen LogP contribution >= 0.6 is 0 Å². The number of amides is 1. The number of hydrogen-bond acceptors (Lipinski definition) is 4. The lowest BCUT2D eigenvalue weighted by Gasteiger charge is -2.11. The van der Waals surface area contributed by atoms with Crippen molar-refractivity contribution in [2.24, 2.45) is 0 Å². The van der Waals surface area contributed by atoms with Crippen LogP contribution in [0.15, 0.2) is 29.2 Å². The van der Waals surface area contributed by atoms with E-state index in [9.17, 15) is 13.2 Å². The zero-order valence-electron chi connectivity index (χ0n) is 10.0. The Labute approximate surface area is 106 Å². The molecule has 1 heterocycles. The standard InChI is InChI=1S/C7H8O3S.C4H8N2O/c1-6-2-4-7(5-3-6)11(8,9)10;7-4-3-5-1-2-6-4/h2-5H,1H3,(H,8,9,10);5H,1-3H2,(H,6,7). The third kappa shape index (κ3) is 5.26. The van der Waals surface area contributed by atoms with Gasteiger partial charge in [0.05, 0.1) is 11.4 Å². The SMILES string of the molecule is Cc1ccc(S(=O)(=O)O)cc1.O=C1CNCCN1. The molecule has 0 radical (unpaired) electrons. The first-order valence-electron chi connectivity index (χ1n) is 5.41. The lowest BCUT2D eigenvalue weighted by Crippen LogP contribution is -2.44. The Morgan fingerprint density at radius 2 is 1.78 bits per heavy atom.